The molecule has 0 fully saturated rings. The number of aryl methyl sites for hydroxylation is 1. The summed E-state index contributed by atoms with van der Waals surface area (Å²) in [5, 5.41) is 4.53. The highest BCUT2D eigenvalue weighted by molar-refractivity contribution is 6.31. The van der Waals surface area contributed by atoms with Crippen molar-refractivity contribution in [3.8, 4) is 17.2 Å². The first-order chi connectivity index (χ1) is 16.4. The fourth-order valence-electron chi connectivity index (χ4n) is 2.75. The highest BCUT2D eigenvalue weighted by Crippen LogP contribution is 2.21. The third-order valence-corrected chi connectivity index (χ3v) is 4.93. The lowest BCUT2D eigenvalue weighted by Crippen LogP contribution is -2.24. The van der Waals surface area contributed by atoms with Crippen LogP contribution in [-0.2, 0) is 9.59 Å². The molecule has 0 aliphatic rings. The molecule has 34 heavy (non-hydrogen) atoms. The zero-order chi connectivity index (χ0) is 24.3. The van der Waals surface area contributed by atoms with Gasteiger partial charge in [-0.3, -0.25) is 4.79 Å². The number of esters is 1. The summed E-state index contributed by atoms with van der Waals surface area (Å²) in [6.45, 7) is 1.65. The molecule has 1 N–H and O–H groups in total. The van der Waals surface area contributed by atoms with Crippen LogP contribution >= 0.6 is 11.6 Å². The molecule has 0 aliphatic heterocycles. The summed E-state index contributed by atoms with van der Waals surface area (Å²) in [7, 11) is 1.59. The molecule has 3 aromatic carbocycles. The number of halogens is 1. The highest BCUT2D eigenvalue weighted by Gasteiger charge is 2.04. The van der Waals surface area contributed by atoms with Gasteiger partial charge in [-0.05, 0) is 72.2 Å². The maximum atomic E-state index is 12.1. The van der Waals surface area contributed by atoms with Crippen molar-refractivity contribution < 1.29 is 23.8 Å². The quantitative estimate of drug-likeness (QED) is 0.157. The van der Waals surface area contributed by atoms with Crippen molar-refractivity contribution >= 4 is 35.8 Å². The zero-order valence-corrected chi connectivity index (χ0v) is 19.4. The predicted molar refractivity (Wildman–Crippen MR) is 132 cm³/mol. The van der Waals surface area contributed by atoms with Gasteiger partial charge in [-0.1, -0.05) is 35.9 Å². The van der Waals surface area contributed by atoms with Crippen molar-refractivity contribution in [3.05, 3.63) is 94.5 Å². The lowest BCUT2D eigenvalue weighted by molar-refractivity contribution is -0.129. The monoisotopic (exact) mass is 478 g/mol. The molecule has 0 radical (unpaired) electrons. The highest BCUT2D eigenvalue weighted by atomic mass is 35.5. The summed E-state index contributed by atoms with van der Waals surface area (Å²) in [6.07, 6.45) is 4.43. The summed E-state index contributed by atoms with van der Waals surface area (Å²) < 4.78 is 15.9. The Morgan fingerprint density at radius 1 is 0.971 bits per heavy atom. The van der Waals surface area contributed by atoms with Crippen molar-refractivity contribution in [2.75, 3.05) is 13.7 Å². The average molecular weight is 479 g/mol. The van der Waals surface area contributed by atoms with Gasteiger partial charge in [0.25, 0.3) is 5.91 Å². The van der Waals surface area contributed by atoms with Crippen LogP contribution in [0, 0.1) is 6.92 Å². The fraction of sp³-hybridized carbons (Fsp3) is 0.115. The molecule has 1 amide bonds. The van der Waals surface area contributed by atoms with Crippen molar-refractivity contribution in [1.29, 1.82) is 0 Å². The number of hydrogen-bond acceptors (Lipinski definition) is 6. The van der Waals surface area contributed by atoms with Gasteiger partial charge in [0.05, 0.1) is 13.3 Å². The lowest BCUT2D eigenvalue weighted by Gasteiger charge is -2.06. The molecule has 0 unspecified atom stereocenters. The summed E-state index contributed by atoms with van der Waals surface area (Å²) in [4.78, 5) is 24.0. The van der Waals surface area contributed by atoms with E-state index in [9.17, 15) is 9.59 Å². The molecule has 0 spiro atoms. The Labute approximate surface area is 202 Å². The van der Waals surface area contributed by atoms with Crippen molar-refractivity contribution in [2.45, 2.75) is 6.92 Å². The molecule has 3 rings (SSSR count). The lowest BCUT2D eigenvalue weighted by atomic mass is 10.2. The van der Waals surface area contributed by atoms with E-state index in [4.69, 9.17) is 25.8 Å². The van der Waals surface area contributed by atoms with Gasteiger partial charge in [-0.2, -0.15) is 5.10 Å². The summed E-state index contributed by atoms with van der Waals surface area (Å²) >= 11 is 5.97. The van der Waals surface area contributed by atoms with Crippen LogP contribution in [0.3, 0.4) is 0 Å². The fourth-order valence-corrected chi connectivity index (χ4v) is 2.87. The average Bonchev–Trinajstić information content (AvgIpc) is 2.84. The third kappa shape index (κ3) is 7.79. The normalized spacial score (nSPS) is 10.9. The number of hydrogen-bond donors (Lipinski definition) is 1. The molecule has 0 bridgehead atoms. The standard InChI is InChI=1S/C26H23ClN2O5/c1-18-14-22(11-12-24(18)27)33-17-25(30)29-28-16-20-4-3-5-23(15-20)34-26(31)13-8-19-6-9-21(32-2)10-7-19/h3-16H,17H2,1-2H3,(H,29,30)/b13-8+,28-16+. The molecule has 7 nitrogen and oxygen atoms in total. The van der Waals surface area contributed by atoms with Crippen LogP contribution in [0.25, 0.3) is 6.08 Å². The van der Waals surface area contributed by atoms with Gasteiger partial charge < -0.3 is 14.2 Å². The number of carbonyl (C=O) groups is 2. The number of nitrogens with zero attached hydrogens (tertiary/aromatic N) is 1. The van der Waals surface area contributed by atoms with Crippen molar-refractivity contribution in [2.24, 2.45) is 5.10 Å². The summed E-state index contributed by atoms with van der Waals surface area (Å²) in [5.74, 6) is 0.680. The minimum atomic E-state index is -0.521. The Morgan fingerprint density at radius 2 is 1.74 bits per heavy atom. The van der Waals surface area contributed by atoms with E-state index < -0.39 is 11.9 Å². The molecule has 8 heteroatoms. The number of methoxy groups -OCH3 is 1. The van der Waals surface area contributed by atoms with Crippen LogP contribution in [0.2, 0.25) is 5.02 Å². The minimum Gasteiger partial charge on any atom is -0.497 e. The molecule has 0 heterocycles. The van der Waals surface area contributed by atoms with Gasteiger partial charge in [0.2, 0.25) is 0 Å². The number of ether oxygens (including phenoxy) is 3. The number of carbonyl (C=O) groups excluding carboxylic acids is 2. The van der Waals surface area contributed by atoms with Gasteiger partial charge in [0.1, 0.15) is 17.2 Å². The van der Waals surface area contributed by atoms with Crippen LogP contribution in [0.5, 0.6) is 17.2 Å². The second-order valence-electron chi connectivity index (χ2n) is 7.09. The van der Waals surface area contributed by atoms with E-state index in [-0.39, 0.29) is 6.61 Å². The van der Waals surface area contributed by atoms with Gasteiger partial charge in [0, 0.05) is 11.1 Å². The zero-order valence-electron chi connectivity index (χ0n) is 18.7. The number of nitrogens with one attached hydrogen (secondary N) is 1. The van der Waals surface area contributed by atoms with Gasteiger partial charge in [-0.15, -0.1) is 0 Å². The molecular weight excluding hydrogens is 456 g/mol. The van der Waals surface area contributed by atoms with E-state index in [1.807, 2.05) is 19.1 Å². The smallest absolute Gasteiger partial charge is 0.336 e. The first-order valence-corrected chi connectivity index (χ1v) is 10.7. The van der Waals surface area contributed by atoms with Crippen LogP contribution in [0.4, 0.5) is 0 Å². The Balaban J connectivity index is 1.48. The predicted octanol–water partition coefficient (Wildman–Crippen LogP) is 4.80. The molecule has 174 valence electrons. The van der Waals surface area contributed by atoms with Gasteiger partial charge in [0.15, 0.2) is 6.61 Å². The Kier molecular flexibility index (Phi) is 8.82. The van der Waals surface area contributed by atoms with Gasteiger partial charge >= 0.3 is 5.97 Å². The molecular formula is C26H23ClN2O5. The number of benzene rings is 3. The Hall–Kier alpha value is -4.10. The number of amides is 1. The maximum Gasteiger partial charge on any atom is 0.336 e. The molecule has 0 saturated carbocycles. The second kappa shape index (κ2) is 12.2. The Bertz CT molecular complexity index is 1210. The van der Waals surface area contributed by atoms with Crippen molar-refractivity contribution in [1.82, 2.24) is 5.43 Å². The van der Waals surface area contributed by atoms with E-state index in [0.717, 1.165) is 16.9 Å². The largest absolute Gasteiger partial charge is 0.497 e. The molecule has 0 aliphatic carbocycles. The number of rotatable bonds is 9. The van der Waals surface area contributed by atoms with E-state index in [2.05, 4.69) is 10.5 Å². The van der Waals surface area contributed by atoms with Gasteiger partial charge in [-0.25, -0.2) is 10.2 Å². The van der Waals surface area contributed by atoms with Crippen LogP contribution in [0.15, 0.2) is 77.9 Å². The maximum absolute atomic E-state index is 12.1. The van der Waals surface area contributed by atoms with E-state index >= 15 is 0 Å². The first-order valence-electron chi connectivity index (χ1n) is 10.3. The number of hydrazone groups is 1. The second-order valence-corrected chi connectivity index (χ2v) is 7.50. The summed E-state index contributed by atoms with van der Waals surface area (Å²) in [6, 6.07) is 19.1. The third-order valence-electron chi connectivity index (χ3n) is 4.51. The minimum absolute atomic E-state index is 0.198. The van der Waals surface area contributed by atoms with Crippen LogP contribution in [-0.4, -0.2) is 31.8 Å². The summed E-state index contributed by atoms with van der Waals surface area (Å²) in [5.41, 5.74) is 4.72. The topological polar surface area (TPSA) is 86.2 Å². The van der Waals surface area contributed by atoms with E-state index in [1.165, 1.54) is 12.3 Å². The van der Waals surface area contributed by atoms with Crippen molar-refractivity contribution in [3.63, 3.8) is 0 Å². The SMILES string of the molecule is COc1ccc(/C=C/C(=O)Oc2cccc(/C=N/NC(=O)COc3ccc(Cl)c(C)c3)c2)cc1. The van der Waals surface area contributed by atoms with Crippen LogP contribution < -0.4 is 19.6 Å². The molecule has 0 saturated heterocycles. The van der Waals surface area contributed by atoms with Crippen LogP contribution in [0.1, 0.15) is 16.7 Å². The van der Waals surface area contributed by atoms with E-state index in [0.29, 0.717) is 22.1 Å². The van der Waals surface area contributed by atoms with E-state index in [1.54, 1.807) is 67.8 Å². The molecule has 0 aromatic heterocycles. The molecule has 3 aromatic rings. The molecule has 0 atom stereocenters. The Morgan fingerprint density at radius 3 is 2.47 bits per heavy atom. The first kappa shape index (κ1) is 24.5.